The molecule has 115 valence electrons. The molecule has 1 aromatic rings. The average molecular weight is 295 g/mol. The van der Waals surface area contributed by atoms with Gasteiger partial charge < -0.3 is 19.7 Å². The molecular formula is C15H19O6. The minimum Gasteiger partial charge on any atom is -0.493 e. The third-order valence-corrected chi connectivity index (χ3v) is 2.96. The van der Waals surface area contributed by atoms with Crippen molar-refractivity contribution in [3.63, 3.8) is 0 Å². The highest BCUT2D eigenvalue weighted by Crippen LogP contribution is 2.27. The number of aliphatic hydroxyl groups is 2. The molecular weight excluding hydrogens is 276 g/mol. The predicted molar refractivity (Wildman–Crippen MR) is 75.4 cm³/mol. The van der Waals surface area contributed by atoms with E-state index < -0.39 is 12.2 Å². The summed E-state index contributed by atoms with van der Waals surface area (Å²) in [6.07, 6.45) is 0.793. The zero-order chi connectivity index (χ0) is 15.7. The molecule has 1 aromatic carbocycles. The van der Waals surface area contributed by atoms with E-state index in [-0.39, 0.29) is 6.42 Å². The lowest BCUT2D eigenvalue weighted by Crippen LogP contribution is -2.26. The van der Waals surface area contributed by atoms with Crippen molar-refractivity contribution in [3.05, 3.63) is 23.8 Å². The van der Waals surface area contributed by atoms with Crippen LogP contribution in [0.4, 0.5) is 0 Å². The summed E-state index contributed by atoms with van der Waals surface area (Å²) < 4.78 is 10.6. The summed E-state index contributed by atoms with van der Waals surface area (Å²) in [6.45, 7) is 0.311. The van der Waals surface area contributed by atoms with Crippen molar-refractivity contribution in [2.24, 2.45) is 0 Å². The quantitative estimate of drug-likeness (QED) is 0.492. The van der Waals surface area contributed by atoms with E-state index >= 15 is 0 Å². The monoisotopic (exact) mass is 295 g/mol. The number of benzene rings is 1. The largest absolute Gasteiger partial charge is 0.493 e. The van der Waals surface area contributed by atoms with Crippen molar-refractivity contribution < 1.29 is 29.3 Å². The van der Waals surface area contributed by atoms with Gasteiger partial charge in [-0.15, -0.1) is 0 Å². The standard InChI is InChI=1S/C15H19O6/c1-20-15-9-11(10-17)4-5-14(15)21-8-2-3-12(18)13(19)6-7-16/h4-5,9-10,12-13,18-19H,2-3,6,8H2,1H3. The van der Waals surface area contributed by atoms with Gasteiger partial charge in [0, 0.05) is 12.0 Å². The smallest absolute Gasteiger partial charge is 0.201 e. The molecule has 1 radical (unpaired) electrons. The molecule has 21 heavy (non-hydrogen) atoms. The topological polar surface area (TPSA) is 93.1 Å². The molecule has 0 saturated carbocycles. The van der Waals surface area contributed by atoms with E-state index in [1.807, 2.05) is 0 Å². The summed E-state index contributed by atoms with van der Waals surface area (Å²) in [5.41, 5.74) is 0.489. The molecule has 0 amide bonds. The lowest BCUT2D eigenvalue weighted by molar-refractivity contribution is 0.0159. The second-order valence-electron chi connectivity index (χ2n) is 4.50. The summed E-state index contributed by atoms with van der Waals surface area (Å²) in [5, 5.41) is 18.9. The maximum absolute atomic E-state index is 10.7. The van der Waals surface area contributed by atoms with Crippen molar-refractivity contribution in [1.29, 1.82) is 0 Å². The number of hydrogen-bond acceptors (Lipinski definition) is 6. The molecule has 6 heteroatoms. The zero-order valence-electron chi connectivity index (χ0n) is 11.8. The van der Waals surface area contributed by atoms with Crippen molar-refractivity contribution in [1.82, 2.24) is 0 Å². The molecule has 6 nitrogen and oxygen atoms in total. The van der Waals surface area contributed by atoms with Gasteiger partial charge in [-0.3, -0.25) is 9.59 Å². The molecule has 1 rings (SSSR count). The van der Waals surface area contributed by atoms with Gasteiger partial charge in [0.15, 0.2) is 11.5 Å². The van der Waals surface area contributed by atoms with E-state index in [2.05, 4.69) is 0 Å². The molecule has 2 atom stereocenters. The first-order valence-corrected chi connectivity index (χ1v) is 6.59. The third-order valence-electron chi connectivity index (χ3n) is 2.96. The number of methoxy groups -OCH3 is 1. The lowest BCUT2D eigenvalue weighted by Gasteiger charge is -2.16. The Labute approximate surface area is 123 Å². The molecule has 0 spiro atoms. The summed E-state index contributed by atoms with van der Waals surface area (Å²) >= 11 is 0. The van der Waals surface area contributed by atoms with E-state index in [0.29, 0.717) is 42.8 Å². The molecule has 0 bridgehead atoms. The summed E-state index contributed by atoms with van der Waals surface area (Å²) in [4.78, 5) is 20.8. The fraction of sp³-hybridized carbons (Fsp3) is 0.467. The fourth-order valence-corrected chi connectivity index (χ4v) is 1.77. The second-order valence-corrected chi connectivity index (χ2v) is 4.50. The zero-order valence-corrected chi connectivity index (χ0v) is 11.8. The van der Waals surface area contributed by atoms with Gasteiger partial charge in [-0.1, -0.05) is 0 Å². The van der Waals surface area contributed by atoms with Gasteiger partial charge in [0.2, 0.25) is 6.29 Å². The Morgan fingerprint density at radius 3 is 2.67 bits per heavy atom. The van der Waals surface area contributed by atoms with Crippen molar-refractivity contribution in [2.45, 2.75) is 31.5 Å². The fourth-order valence-electron chi connectivity index (χ4n) is 1.77. The highest BCUT2D eigenvalue weighted by atomic mass is 16.5. The van der Waals surface area contributed by atoms with Gasteiger partial charge in [-0.2, -0.15) is 0 Å². The number of rotatable bonds is 10. The summed E-state index contributed by atoms with van der Waals surface area (Å²) in [7, 11) is 1.48. The SMILES string of the molecule is COc1cc(C=O)ccc1OCCCC(O)C(O)C[C]=O. The molecule has 2 N–H and O–H groups in total. The first-order valence-electron chi connectivity index (χ1n) is 6.59. The number of hydrogen-bond donors (Lipinski definition) is 2. The van der Waals surface area contributed by atoms with Gasteiger partial charge >= 0.3 is 0 Å². The van der Waals surface area contributed by atoms with Crippen LogP contribution in [0.1, 0.15) is 29.6 Å². The van der Waals surface area contributed by atoms with Crippen LogP contribution in [0.15, 0.2) is 18.2 Å². The van der Waals surface area contributed by atoms with Crippen LogP contribution in [0, 0.1) is 0 Å². The highest BCUT2D eigenvalue weighted by Gasteiger charge is 2.15. The first-order chi connectivity index (χ1) is 10.1. The molecule has 0 aromatic heterocycles. The number of ether oxygens (including phenoxy) is 2. The Balaban J connectivity index is 2.42. The van der Waals surface area contributed by atoms with Crippen LogP contribution < -0.4 is 9.47 Å². The second kappa shape index (κ2) is 9.10. The molecule has 0 heterocycles. The Bertz CT molecular complexity index is 459. The molecule has 2 unspecified atom stereocenters. The van der Waals surface area contributed by atoms with Crippen molar-refractivity contribution in [2.75, 3.05) is 13.7 Å². The number of aldehydes is 1. The van der Waals surface area contributed by atoms with Gasteiger partial charge in [-0.25, -0.2) is 0 Å². The molecule has 0 fully saturated rings. The summed E-state index contributed by atoms with van der Waals surface area (Å²) in [5.74, 6) is 0.954. The Morgan fingerprint density at radius 2 is 2.05 bits per heavy atom. The van der Waals surface area contributed by atoms with Gasteiger partial charge in [-0.05, 0) is 31.0 Å². The molecule has 0 aliphatic rings. The van der Waals surface area contributed by atoms with E-state index in [1.165, 1.54) is 7.11 Å². The highest BCUT2D eigenvalue weighted by molar-refractivity contribution is 5.76. The van der Waals surface area contributed by atoms with Crippen LogP contribution in [0.5, 0.6) is 11.5 Å². The van der Waals surface area contributed by atoms with Crippen molar-refractivity contribution >= 4 is 12.6 Å². The average Bonchev–Trinajstić information content (AvgIpc) is 2.51. The van der Waals surface area contributed by atoms with E-state index in [9.17, 15) is 19.8 Å². The van der Waals surface area contributed by atoms with Crippen LogP contribution in [0.25, 0.3) is 0 Å². The number of carbonyl (C=O) groups is 1. The lowest BCUT2D eigenvalue weighted by atomic mass is 10.1. The van der Waals surface area contributed by atoms with E-state index in [4.69, 9.17) is 9.47 Å². The minimum atomic E-state index is -1.09. The Hall–Kier alpha value is -1.92. The van der Waals surface area contributed by atoms with Crippen LogP contribution in [0.3, 0.4) is 0 Å². The normalized spacial score (nSPS) is 13.3. The minimum absolute atomic E-state index is 0.205. The molecule has 0 aliphatic carbocycles. The first kappa shape index (κ1) is 17.1. The number of aliphatic hydroxyl groups excluding tert-OH is 2. The van der Waals surface area contributed by atoms with Gasteiger partial charge in [0.25, 0.3) is 0 Å². The summed E-state index contributed by atoms with van der Waals surface area (Å²) in [6, 6.07) is 4.82. The Kier molecular flexibility index (Phi) is 7.42. The predicted octanol–water partition coefficient (Wildman–Crippen LogP) is 0.888. The van der Waals surface area contributed by atoms with Gasteiger partial charge in [0.1, 0.15) is 6.29 Å². The molecule has 0 saturated heterocycles. The van der Waals surface area contributed by atoms with Gasteiger partial charge in [0.05, 0.1) is 25.9 Å². The van der Waals surface area contributed by atoms with E-state index in [1.54, 1.807) is 24.5 Å². The molecule has 0 aliphatic heterocycles. The third kappa shape index (κ3) is 5.53. The Morgan fingerprint density at radius 1 is 1.29 bits per heavy atom. The van der Waals surface area contributed by atoms with Crippen LogP contribution in [0.2, 0.25) is 0 Å². The number of carbonyl (C=O) groups excluding carboxylic acids is 2. The van der Waals surface area contributed by atoms with Crippen LogP contribution in [-0.2, 0) is 4.79 Å². The maximum Gasteiger partial charge on any atom is 0.201 e. The van der Waals surface area contributed by atoms with Crippen molar-refractivity contribution in [3.8, 4) is 11.5 Å². The van der Waals surface area contributed by atoms with Crippen LogP contribution in [-0.4, -0.2) is 48.7 Å². The van der Waals surface area contributed by atoms with E-state index in [0.717, 1.165) is 0 Å². The maximum atomic E-state index is 10.7. The van der Waals surface area contributed by atoms with Crippen LogP contribution >= 0.6 is 0 Å².